The molecule has 0 bridgehead atoms. The van der Waals surface area contributed by atoms with Crippen molar-refractivity contribution in [1.82, 2.24) is 0 Å². The molecule has 0 aromatic heterocycles. The number of benzene rings is 1. The van der Waals surface area contributed by atoms with Gasteiger partial charge in [0.15, 0.2) is 0 Å². The van der Waals surface area contributed by atoms with Gasteiger partial charge in [-0.1, -0.05) is 63.7 Å². The van der Waals surface area contributed by atoms with Crippen molar-refractivity contribution in [2.24, 2.45) is 5.90 Å². The number of unbranched alkanes of at least 4 members (excludes halogenated alkanes) is 6. The number of nitrogens with two attached hydrogens (primary N) is 1. The van der Waals surface area contributed by atoms with Gasteiger partial charge in [0.05, 0.1) is 26.4 Å². The fourth-order valence-electron chi connectivity index (χ4n) is 3.03. The minimum Gasteiger partial charge on any atom is -0.491 e. The molecule has 0 saturated heterocycles. The highest BCUT2D eigenvalue weighted by Crippen LogP contribution is 2.16. The number of rotatable bonds is 21. The van der Waals surface area contributed by atoms with Gasteiger partial charge in [-0.05, 0) is 30.5 Å². The zero-order valence-corrected chi connectivity index (χ0v) is 20.0. The fraction of sp³-hybridized carbons (Fsp3) is 0.652. The van der Waals surface area contributed by atoms with E-state index >= 15 is 0 Å². The van der Waals surface area contributed by atoms with Gasteiger partial charge in [-0.3, -0.25) is 0 Å². The molecule has 0 heterocycles. The molecule has 1 aromatic carbocycles. The summed E-state index contributed by atoms with van der Waals surface area (Å²) in [6.45, 7) is 6.50. The third kappa shape index (κ3) is 14.5. The van der Waals surface area contributed by atoms with E-state index in [0.29, 0.717) is 6.61 Å². The summed E-state index contributed by atoms with van der Waals surface area (Å²) in [4.78, 5) is 0. The van der Waals surface area contributed by atoms with Crippen LogP contribution >= 0.6 is 0 Å². The Morgan fingerprint density at radius 3 is 2.34 bits per heavy atom. The lowest BCUT2D eigenvalue weighted by atomic mass is 10.0. The second-order valence-corrected chi connectivity index (χ2v) is 8.72. The highest BCUT2D eigenvalue weighted by molar-refractivity contribution is 7.81. The third-order valence-corrected chi connectivity index (χ3v) is 5.44. The predicted molar refractivity (Wildman–Crippen MR) is 125 cm³/mol. The van der Waals surface area contributed by atoms with E-state index in [1.165, 1.54) is 50.5 Å². The molecular weight excluding hydrogens is 434 g/mol. The lowest BCUT2D eigenvalue weighted by molar-refractivity contribution is -0.0402. The minimum absolute atomic E-state index is 0.00540. The van der Waals surface area contributed by atoms with Gasteiger partial charge < -0.3 is 14.2 Å². The molecular formula is C23H39NO7S. The molecule has 0 saturated carbocycles. The Balaban J connectivity index is 2.35. The molecule has 9 heteroatoms. The molecule has 1 rings (SSSR count). The Hall–Kier alpha value is -1.49. The number of hydrogen-bond acceptors (Lipinski definition) is 8. The van der Waals surface area contributed by atoms with Crippen molar-refractivity contribution in [3.63, 3.8) is 0 Å². The van der Waals surface area contributed by atoms with Crippen LogP contribution in [0, 0.1) is 0 Å². The topological polar surface area (TPSA) is 106 Å². The van der Waals surface area contributed by atoms with E-state index in [4.69, 9.17) is 14.2 Å². The number of ether oxygens (including phenoxy) is 3. The molecule has 0 spiro atoms. The molecule has 0 aliphatic rings. The van der Waals surface area contributed by atoms with Crippen molar-refractivity contribution >= 4 is 10.4 Å². The first-order valence-corrected chi connectivity index (χ1v) is 12.6. The van der Waals surface area contributed by atoms with Gasteiger partial charge in [-0.15, -0.1) is 6.58 Å². The molecule has 2 N–H and O–H groups in total. The SMILES string of the molecule is C=CCOCC(COc1ccc(CCCCCCCCC)cc1)OCCOS(=O)(=O)ON. The molecule has 0 radical (unpaired) electrons. The lowest BCUT2D eigenvalue weighted by Crippen LogP contribution is -2.29. The lowest BCUT2D eigenvalue weighted by Gasteiger charge is -2.18. The van der Waals surface area contributed by atoms with Crippen LogP contribution in [-0.4, -0.2) is 47.6 Å². The summed E-state index contributed by atoms with van der Waals surface area (Å²) in [6.07, 6.45) is 11.4. The van der Waals surface area contributed by atoms with Gasteiger partial charge in [0, 0.05) is 0 Å². The van der Waals surface area contributed by atoms with Crippen LogP contribution in [0.1, 0.15) is 57.4 Å². The Labute approximate surface area is 193 Å². The number of hydrogen-bond donors (Lipinski definition) is 1. The molecule has 0 amide bonds. The van der Waals surface area contributed by atoms with E-state index in [1.54, 1.807) is 6.08 Å². The van der Waals surface area contributed by atoms with Crippen LogP contribution in [0.2, 0.25) is 0 Å². The van der Waals surface area contributed by atoms with E-state index in [1.807, 2.05) is 12.1 Å². The molecule has 0 fully saturated rings. The summed E-state index contributed by atoms with van der Waals surface area (Å²) < 4.78 is 47.2. The van der Waals surface area contributed by atoms with E-state index in [-0.39, 0.29) is 26.4 Å². The maximum absolute atomic E-state index is 11.0. The molecule has 0 aliphatic heterocycles. The van der Waals surface area contributed by atoms with Crippen molar-refractivity contribution in [2.75, 3.05) is 33.0 Å². The fourth-order valence-corrected chi connectivity index (χ4v) is 3.36. The van der Waals surface area contributed by atoms with Gasteiger partial charge in [-0.25, -0.2) is 4.18 Å². The first kappa shape index (κ1) is 28.5. The van der Waals surface area contributed by atoms with Crippen LogP contribution in [0.3, 0.4) is 0 Å². The molecule has 1 aromatic rings. The van der Waals surface area contributed by atoms with Gasteiger partial charge in [0.25, 0.3) is 0 Å². The molecule has 8 nitrogen and oxygen atoms in total. The smallest absolute Gasteiger partial charge is 0.415 e. The first-order valence-electron chi connectivity index (χ1n) is 11.3. The monoisotopic (exact) mass is 473 g/mol. The van der Waals surface area contributed by atoms with Crippen molar-refractivity contribution < 1.29 is 31.1 Å². The van der Waals surface area contributed by atoms with E-state index in [0.717, 1.165) is 12.2 Å². The standard InChI is InChI=1S/C23H39NO7S/c1-3-5-6-7-8-9-10-11-21-12-14-22(15-13-21)29-20-23(19-27-16-4-2)28-17-18-30-32(25,26)31-24/h4,12-15,23H,2-3,5-11,16-20,24H2,1H3. The van der Waals surface area contributed by atoms with Crippen LogP contribution in [-0.2, 0) is 34.8 Å². The highest BCUT2D eigenvalue weighted by Gasteiger charge is 2.13. The van der Waals surface area contributed by atoms with Gasteiger partial charge in [0.2, 0.25) is 0 Å². The van der Waals surface area contributed by atoms with Crippen LogP contribution in [0.15, 0.2) is 36.9 Å². The average molecular weight is 474 g/mol. The molecule has 184 valence electrons. The summed E-state index contributed by atoms with van der Waals surface area (Å²) in [7, 11) is -4.19. The molecule has 1 atom stereocenters. The first-order chi connectivity index (χ1) is 15.5. The Morgan fingerprint density at radius 2 is 1.69 bits per heavy atom. The Bertz CT molecular complexity index is 695. The summed E-state index contributed by atoms with van der Waals surface area (Å²) in [5, 5.41) is 0. The summed E-state index contributed by atoms with van der Waals surface area (Å²) in [6, 6.07) is 8.07. The highest BCUT2D eigenvalue weighted by atomic mass is 32.3. The quantitative estimate of drug-likeness (QED) is 0.162. The summed E-state index contributed by atoms with van der Waals surface area (Å²) in [5.41, 5.74) is 1.30. The van der Waals surface area contributed by atoms with Gasteiger partial charge in [0.1, 0.15) is 18.5 Å². The predicted octanol–water partition coefficient (Wildman–Crippen LogP) is 4.10. The summed E-state index contributed by atoms with van der Waals surface area (Å²) in [5.74, 6) is 5.34. The van der Waals surface area contributed by atoms with Gasteiger partial charge in [-0.2, -0.15) is 18.6 Å². The second kappa shape index (κ2) is 18.0. The minimum atomic E-state index is -4.19. The van der Waals surface area contributed by atoms with E-state index in [2.05, 4.69) is 40.0 Å². The maximum atomic E-state index is 11.0. The summed E-state index contributed by atoms with van der Waals surface area (Å²) >= 11 is 0. The third-order valence-electron chi connectivity index (χ3n) is 4.75. The van der Waals surface area contributed by atoms with E-state index < -0.39 is 16.5 Å². The van der Waals surface area contributed by atoms with Crippen LogP contribution in [0.4, 0.5) is 0 Å². The van der Waals surface area contributed by atoms with Crippen LogP contribution < -0.4 is 10.6 Å². The second-order valence-electron chi connectivity index (χ2n) is 7.47. The van der Waals surface area contributed by atoms with E-state index in [9.17, 15) is 8.42 Å². The Morgan fingerprint density at radius 1 is 1.00 bits per heavy atom. The van der Waals surface area contributed by atoms with Crippen LogP contribution in [0.5, 0.6) is 5.75 Å². The number of aryl methyl sites for hydroxylation is 1. The molecule has 32 heavy (non-hydrogen) atoms. The maximum Gasteiger partial charge on any atom is 0.415 e. The molecule has 0 aliphatic carbocycles. The molecule has 1 unspecified atom stereocenters. The average Bonchev–Trinajstić information content (AvgIpc) is 2.80. The van der Waals surface area contributed by atoms with Crippen LogP contribution in [0.25, 0.3) is 0 Å². The Kier molecular flexibility index (Phi) is 16.1. The largest absolute Gasteiger partial charge is 0.491 e. The normalized spacial score (nSPS) is 12.6. The zero-order chi connectivity index (χ0) is 23.5. The zero-order valence-electron chi connectivity index (χ0n) is 19.2. The van der Waals surface area contributed by atoms with Crippen molar-refractivity contribution in [2.45, 2.75) is 64.4 Å². The van der Waals surface area contributed by atoms with Crippen molar-refractivity contribution in [3.05, 3.63) is 42.5 Å². The van der Waals surface area contributed by atoms with Crippen molar-refractivity contribution in [1.29, 1.82) is 0 Å². The van der Waals surface area contributed by atoms with Gasteiger partial charge >= 0.3 is 10.4 Å². The van der Waals surface area contributed by atoms with Crippen molar-refractivity contribution in [3.8, 4) is 5.75 Å².